The highest BCUT2D eigenvalue weighted by molar-refractivity contribution is 6.46. The number of rotatable bonds is 8. The number of anilines is 1. The summed E-state index contributed by atoms with van der Waals surface area (Å²) in [5.74, 6) is -1.90. The fraction of sp³-hybridized carbons (Fsp3) is 0.200. The van der Waals surface area contributed by atoms with Gasteiger partial charge in [-0.3, -0.25) is 14.6 Å². The van der Waals surface area contributed by atoms with Crippen molar-refractivity contribution in [1.82, 2.24) is 0 Å². The molecule has 0 amide bonds. The Morgan fingerprint density at radius 1 is 1.11 bits per heavy atom. The van der Waals surface area contributed by atoms with E-state index in [1.54, 1.807) is 6.07 Å². The molecule has 0 aromatic heterocycles. The number of ketones is 1. The smallest absolute Gasteiger partial charge is 0.338 e. The third-order valence-electron chi connectivity index (χ3n) is 3.71. The molecule has 7 nitrogen and oxygen atoms in total. The van der Waals surface area contributed by atoms with Crippen LogP contribution >= 0.6 is 0 Å². The molecule has 140 valence electrons. The van der Waals surface area contributed by atoms with Crippen LogP contribution in [0.1, 0.15) is 28.4 Å². The average Bonchev–Trinajstić information content (AvgIpc) is 2.66. The minimum atomic E-state index is -1.07. The van der Waals surface area contributed by atoms with Crippen molar-refractivity contribution in [2.24, 2.45) is 4.99 Å². The van der Waals surface area contributed by atoms with Crippen molar-refractivity contribution >= 4 is 29.1 Å². The first kappa shape index (κ1) is 19.8. The van der Waals surface area contributed by atoms with Gasteiger partial charge < -0.3 is 15.2 Å². The molecule has 2 aromatic rings. The van der Waals surface area contributed by atoms with Gasteiger partial charge in [-0.25, -0.2) is 4.79 Å². The number of carboxylic acid groups (broad SMARTS) is 1. The van der Waals surface area contributed by atoms with E-state index < -0.39 is 11.9 Å². The molecule has 0 spiro atoms. The zero-order valence-corrected chi connectivity index (χ0v) is 15.1. The van der Waals surface area contributed by atoms with Crippen LogP contribution in [0, 0.1) is 0 Å². The predicted octanol–water partition coefficient (Wildman–Crippen LogP) is 2.55. The van der Waals surface area contributed by atoms with Crippen LogP contribution in [0.25, 0.3) is 0 Å². The van der Waals surface area contributed by atoms with E-state index in [-0.39, 0.29) is 30.2 Å². The van der Waals surface area contributed by atoms with E-state index >= 15 is 0 Å². The topological polar surface area (TPSA) is 105 Å². The maximum atomic E-state index is 12.3. The quantitative estimate of drug-likeness (QED) is 0.548. The summed E-state index contributed by atoms with van der Waals surface area (Å²) >= 11 is 0. The Kier molecular flexibility index (Phi) is 6.82. The molecule has 0 saturated carbocycles. The van der Waals surface area contributed by atoms with Crippen LogP contribution in [0.3, 0.4) is 0 Å². The minimum Gasteiger partial charge on any atom is -0.480 e. The molecular weight excluding hydrogens is 348 g/mol. The van der Waals surface area contributed by atoms with Crippen LogP contribution in [0.4, 0.5) is 5.69 Å². The lowest BCUT2D eigenvalue weighted by atomic mass is 10.0. The Hall–Kier alpha value is -3.48. The van der Waals surface area contributed by atoms with Crippen molar-refractivity contribution in [3.63, 3.8) is 0 Å². The molecule has 0 aliphatic carbocycles. The lowest BCUT2D eigenvalue weighted by Crippen LogP contribution is -2.19. The van der Waals surface area contributed by atoms with Gasteiger partial charge in [0.1, 0.15) is 18.9 Å². The summed E-state index contributed by atoms with van der Waals surface area (Å²) in [4.78, 5) is 39.0. The second-order valence-corrected chi connectivity index (χ2v) is 5.70. The van der Waals surface area contributed by atoms with Gasteiger partial charge in [-0.15, -0.1) is 0 Å². The lowest BCUT2D eigenvalue weighted by molar-refractivity contribution is -0.134. The van der Waals surface area contributed by atoms with Gasteiger partial charge in [-0.1, -0.05) is 30.3 Å². The number of nitrogens with one attached hydrogen (secondary N) is 1. The van der Waals surface area contributed by atoms with Crippen molar-refractivity contribution in [2.75, 3.05) is 18.9 Å². The van der Waals surface area contributed by atoms with Crippen molar-refractivity contribution in [2.45, 2.75) is 13.5 Å². The van der Waals surface area contributed by atoms with E-state index in [1.807, 2.05) is 30.3 Å². The molecule has 0 fully saturated rings. The summed E-state index contributed by atoms with van der Waals surface area (Å²) < 4.78 is 5.29. The van der Waals surface area contributed by atoms with Gasteiger partial charge in [0.05, 0.1) is 5.56 Å². The van der Waals surface area contributed by atoms with Crippen molar-refractivity contribution in [3.8, 4) is 0 Å². The van der Waals surface area contributed by atoms with Crippen molar-refractivity contribution in [1.29, 1.82) is 0 Å². The zero-order chi connectivity index (χ0) is 19.8. The number of nitrogens with zero attached hydrogens (tertiary/aromatic N) is 1. The molecule has 0 atom stereocenters. The number of Topliss-reactive ketones (excluding diaryl/α,β-unsaturated/α-hetero) is 1. The summed E-state index contributed by atoms with van der Waals surface area (Å²) in [6.07, 6.45) is 0. The second-order valence-electron chi connectivity index (χ2n) is 5.70. The standard InChI is InChI=1S/C20H20N2O5/c1-13(23)19(21-2)16-9-8-15(10-17(16)22-11-18(24)25)20(26)27-12-14-6-4-3-5-7-14/h3-10,22H,11-12H2,1-2H3,(H,24,25)/b21-19-. The molecule has 2 rings (SSSR count). The molecular formula is C20H20N2O5. The summed E-state index contributed by atoms with van der Waals surface area (Å²) in [6, 6.07) is 13.8. The Balaban J connectivity index is 2.26. The number of carboxylic acids is 1. The Bertz CT molecular complexity index is 875. The van der Waals surface area contributed by atoms with Gasteiger partial charge in [0, 0.05) is 25.2 Å². The molecule has 0 aliphatic heterocycles. The number of ether oxygens (including phenoxy) is 1. The summed E-state index contributed by atoms with van der Waals surface area (Å²) in [6.45, 7) is 1.12. The van der Waals surface area contributed by atoms with E-state index in [4.69, 9.17) is 9.84 Å². The van der Waals surface area contributed by atoms with Crippen LogP contribution in [-0.2, 0) is 20.9 Å². The van der Waals surface area contributed by atoms with Gasteiger partial charge in [0.2, 0.25) is 0 Å². The third kappa shape index (κ3) is 5.50. The highest BCUT2D eigenvalue weighted by Crippen LogP contribution is 2.20. The Morgan fingerprint density at radius 3 is 2.41 bits per heavy atom. The molecule has 7 heteroatoms. The number of hydrogen-bond acceptors (Lipinski definition) is 6. The van der Waals surface area contributed by atoms with E-state index in [0.29, 0.717) is 11.3 Å². The van der Waals surface area contributed by atoms with Gasteiger partial charge in [0.25, 0.3) is 0 Å². The van der Waals surface area contributed by atoms with Gasteiger partial charge >= 0.3 is 11.9 Å². The highest BCUT2D eigenvalue weighted by Gasteiger charge is 2.17. The van der Waals surface area contributed by atoms with Gasteiger partial charge in [-0.2, -0.15) is 0 Å². The molecule has 0 heterocycles. The first-order chi connectivity index (χ1) is 12.9. The summed E-state index contributed by atoms with van der Waals surface area (Å²) in [5, 5.41) is 11.6. The lowest BCUT2D eigenvalue weighted by Gasteiger charge is -2.13. The van der Waals surface area contributed by atoms with Crippen LogP contribution in [0.2, 0.25) is 0 Å². The van der Waals surface area contributed by atoms with Crippen molar-refractivity contribution in [3.05, 3.63) is 65.2 Å². The number of benzene rings is 2. The van der Waals surface area contributed by atoms with E-state index in [9.17, 15) is 14.4 Å². The fourth-order valence-corrected chi connectivity index (χ4v) is 2.47. The average molecular weight is 368 g/mol. The Morgan fingerprint density at radius 2 is 1.81 bits per heavy atom. The maximum Gasteiger partial charge on any atom is 0.338 e. The number of hydrogen-bond donors (Lipinski definition) is 2. The molecule has 0 saturated heterocycles. The van der Waals surface area contributed by atoms with Gasteiger partial charge in [-0.05, 0) is 23.8 Å². The molecule has 2 aromatic carbocycles. The minimum absolute atomic E-state index is 0.119. The van der Waals surface area contributed by atoms with Crippen LogP contribution < -0.4 is 5.32 Å². The monoisotopic (exact) mass is 368 g/mol. The van der Waals surface area contributed by atoms with E-state index in [0.717, 1.165) is 5.56 Å². The zero-order valence-electron chi connectivity index (χ0n) is 15.1. The summed E-state index contributed by atoms with van der Waals surface area (Å²) in [5.41, 5.74) is 2.02. The number of carbonyl (C=O) groups excluding carboxylic acids is 2. The normalized spacial score (nSPS) is 11.0. The first-order valence-electron chi connectivity index (χ1n) is 8.21. The molecule has 0 bridgehead atoms. The fourth-order valence-electron chi connectivity index (χ4n) is 2.47. The van der Waals surface area contributed by atoms with E-state index in [2.05, 4.69) is 10.3 Å². The molecule has 0 aliphatic rings. The molecule has 27 heavy (non-hydrogen) atoms. The molecule has 0 radical (unpaired) electrons. The number of aliphatic carboxylic acids is 1. The third-order valence-corrected chi connectivity index (χ3v) is 3.71. The molecule has 0 unspecified atom stereocenters. The van der Waals surface area contributed by atoms with E-state index in [1.165, 1.54) is 26.1 Å². The van der Waals surface area contributed by atoms with Crippen LogP contribution in [0.15, 0.2) is 53.5 Å². The summed E-state index contributed by atoms with van der Waals surface area (Å²) in [7, 11) is 1.47. The highest BCUT2D eigenvalue weighted by atomic mass is 16.5. The Labute approximate surface area is 156 Å². The molecule has 2 N–H and O–H groups in total. The predicted molar refractivity (Wildman–Crippen MR) is 101 cm³/mol. The number of esters is 1. The van der Waals surface area contributed by atoms with Crippen LogP contribution in [0.5, 0.6) is 0 Å². The van der Waals surface area contributed by atoms with Crippen molar-refractivity contribution < 1.29 is 24.2 Å². The first-order valence-corrected chi connectivity index (χ1v) is 8.21. The number of aliphatic imine (C=N–C) groups is 1. The second kappa shape index (κ2) is 9.28. The number of carbonyl (C=O) groups is 3. The maximum absolute atomic E-state index is 12.3. The van der Waals surface area contributed by atoms with Crippen LogP contribution in [-0.4, -0.2) is 42.1 Å². The largest absolute Gasteiger partial charge is 0.480 e. The SMILES string of the molecule is C/N=C(/C(C)=O)c1ccc(C(=O)OCc2ccccc2)cc1NCC(=O)O. The van der Waals surface area contributed by atoms with Gasteiger partial charge in [0.15, 0.2) is 5.78 Å².